The summed E-state index contributed by atoms with van der Waals surface area (Å²) in [4.78, 5) is 0.0365. The van der Waals surface area contributed by atoms with E-state index in [0.717, 1.165) is 0 Å². The van der Waals surface area contributed by atoms with Crippen LogP contribution in [0.3, 0.4) is 0 Å². The van der Waals surface area contributed by atoms with Gasteiger partial charge in [-0.15, -0.1) is 10.2 Å². The number of nitrogens with one attached hydrogen (secondary N) is 1. The molecule has 1 aromatic heterocycles. The second-order valence-electron chi connectivity index (χ2n) is 4.04. The lowest BCUT2D eigenvalue weighted by molar-refractivity contribution is 0.575. The number of aryl methyl sites for hydroxylation is 1. The first kappa shape index (κ1) is 14.9. The van der Waals surface area contributed by atoms with Crippen LogP contribution in [0.1, 0.15) is 12.7 Å². The Morgan fingerprint density at radius 2 is 2.20 bits per heavy atom. The Kier molecular flexibility index (Phi) is 4.41. The SMILES string of the molecule is CCn1cnnc1CNS(=O)(=O)c1cc(Br)ccc1N. The van der Waals surface area contributed by atoms with E-state index in [1.165, 1.54) is 12.1 Å². The smallest absolute Gasteiger partial charge is 0.243 e. The van der Waals surface area contributed by atoms with Crippen molar-refractivity contribution in [2.24, 2.45) is 0 Å². The molecule has 9 heteroatoms. The van der Waals surface area contributed by atoms with Crippen molar-refractivity contribution < 1.29 is 8.42 Å². The summed E-state index contributed by atoms with van der Waals surface area (Å²) < 4.78 is 29.3. The Morgan fingerprint density at radius 3 is 2.90 bits per heavy atom. The summed E-state index contributed by atoms with van der Waals surface area (Å²) in [5, 5.41) is 7.61. The number of anilines is 1. The zero-order chi connectivity index (χ0) is 14.8. The molecule has 2 rings (SSSR count). The molecule has 0 aliphatic carbocycles. The highest BCUT2D eigenvalue weighted by Crippen LogP contribution is 2.22. The fourth-order valence-corrected chi connectivity index (χ4v) is 3.31. The second kappa shape index (κ2) is 5.90. The monoisotopic (exact) mass is 359 g/mol. The van der Waals surface area contributed by atoms with E-state index in [4.69, 9.17) is 5.73 Å². The van der Waals surface area contributed by atoms with Gasteiger partial charge in [-0.2, -0.15) is 0 Å². The average Bonchev–Trinajstić information content (AvgIpc) is 2.86. The standard InChI is InChI=1S/C11H14BrN5O2S/c1-2-17-7-14-16-11(17)6-15-20(18,19)10-5-8(12)3-4-9(10)13/h3-5,7,15H,2,6,13H2,1H3. The maximum atomic E-state index is 12.2. The van der Waals surface area contributed by atoms with Gasteiger partial charge in [-0.05, 0) is 25.1 Å². The van der Waals surface area contributed by atoms with Gasteiger partial charge < -0.3 is 10.3 Å². The first-order valence-electron chi connectivity index (χ1n) is 5.85. The van der Waals surface area contributed by atoms with Gasteiger partial charge in [0.2, 0.25) is 10.0 Å². The van der Waals surface area contributed by atoms with E-state index in [-0.39, 0.29) is 17.1 Å². The number of halogens is 1. The molecule has 20 heavy (non-hydrogen) atoms. The number of benzene rings is 1. The predicted molar refractivity (Wildman–Crippen MR) is 78.3 cm³/mol. The van der Waals surface area contributed by atoms with E-state index in [1.807, 2.05) is 6.92 Å². The quantitative estimate of drug-likeness (QED) is 0.778. The van der Waals surface area contributed by atoms with Crippen LogP contribution in [-0.2, 0) is 23.1 Å². The summed E-state index contributed by atoms with van der Waals surface area (Å²) in [7, 11) is -3.70. The van der Waals surface area contributed by atoms with Crippen LogP contribution >= 0.6 is 15.9 Å². The van der Waals surface area contributed by atoms with Crippen molar-refractivity contribution in [1.82, 2.24) is 19.5 Å². The van der Waals surface area contributed by atoms with E-state index < -0.39 is 10.0 Å². The Balaban J connectivity index is 2.21. The highest BCUT2D eigenvalue weighted by molar-refractivity contribution is 9.10. The summed E-state index contributed by atoms with van der Waals surface area (Å²) >= 11 is 3.23. The van der Waals surface area contributed by atoms with Crippen LogP contribution in [0.5, 0.6) is 0 Å². The van der Waals surface area contributed by atoms with Crippen molar-refractivity contribution in [3.63, 3.8) is 0 Å². The number of aromatic nitrogens is 3. The fourth-order valence-electron chi connectivity index (χ4n) is 1.66. The van der Waals surface area contributed by atoms with Crippen molar-refractivity contribution in [3.8, 4) is 0 Å². The minimum Gasteiger partial charge on any atom is -0.398 e. The van der Waals surface area contributed by atoms with Crippen molar-refractivity contribution >= 4 is 31.6 Å². The second-order valence-corrected chi connectivity index (χ2v) is 6.69. The molecule has 0 unspecified atom stereocenters. The maximum Gasteiger partial charge on any atom is 0.243 e. The van der Waals surface area contributed by atoms with Gasteiger partial charge in [-0.3, -0.25) is 0 Å². The molecule has 0 atom stereocenters. The molecule has 2 aromatic rings. The van der Waals surface area contributed by atoms with Crippen molar-refractivity contribution in [2.75, 3.05) is 5.73 Å². The summed E-state index contributed by atoms with van der Waals surface area (Å²) in [5.74, 6) is 0.546. The molecular formula is C11H14BrN5O2S. The van der Waals surface area contributed by atoms with Crippen LogP contribution in [-0.4, -0.2) is 23.2 Å². The normalized spacial score (nSPS) is 11.7. The van der Waals surface area contributed by atoms with E-state index in [2.05, 4.69) is 30.8 Å². The maximum absolute atomic E-state index is 12.2. The number of nitrogens with two attached hydrogens (primary N) is 1. The van der Waals surface area contributed by atoms with E-state index in [0.29, 0.717) is 16.8 Å². The average molecular weight is 360 g/mol. The van der Waals surface area contributed by atoms with Crippen LogP contribution in [0, 0.1) is 0 Å². The van der Waals surface area contributed by atoms with E-state index in [9.17, 15) is 8.42 Å². The van der Waals surface area contributed by atoms with Gasteiger partial charge >= 0.3 is 0 Å². The number of hydrogen-bond donors (Lipinski definition) is 2. The third-order valence-electron chi connectivity index (χ3n) is 2.72. The number of hydrogen-bond acceptors (Lipinski definition) is 5. The molecule has 0 aliphatic rings. The molecule has 0 aliphatic heterocycles. The predicted octanol–water partition coefficient (Wildman–Crippen LogP) is 1.12. The Bertz CT molecular complexity index is 713. The molecule has 0 saturated heterocycles. The first-order chi connectivity index (χ1) is 9.44. The largest absolute Gasteiger partial charge is 0.398 e. The van der Waals surface area contributed by atoms with Gasteiger partial charge in [-0.25, -0.2) is 13.1 Å². The van der Waals surface area contributed by atoms with Gasteiger partial charge in [-0.1, -0.05) is 15.9 Å². The van der Waals surface area contributed by atoms with Crippen LogP contribution < -0.4 is 10.5 Å². The first-order valence-corrected chi connectivity index (χ1v) is 8.13. The van der Waals surface area contributed by atoms with Crippen molar-refractivity contribution in [1.29, 1.82) is 0 Å². The molecule has 108 valence electrons. The Morgan fingerprint density at radius 1 is 1.45 bits per heavy atom. The third-order valence-corrected chi connectivity index (χ3v) is 4.67. The van der Waals surface area contributed by atoms with Crippen LogP contribution in [0.25, 0.3) is 0 Å². The summed E-state index contributed by atoms with van der Waals surface area (Å²) in [6, 6.07) is 4.68. The number of nitrogens with zero attached hydrogens (tertiary/aromatic N) is 3. The lowest BCUT2D eigenvalue weighted by Gasteiger charge is -2.09. The molecule has 0 saturated carbocycles. The fraction of sp³-hybridized carbons (Fsp3) is 0.273. The summed E-state index contributed by atoms with van der Waals surface area (Å²) in [5.41, 5.74) is 5.90. The molecule has 7 nitrogen and oxygen atoms in total. The number of nitrogen functional groups attached to an aromatic ring is 1. The van der Waals surface area contributed by atoms with Crippen LogP contribution in [0.2, 0.25) is 0 Å². The minimum atomic E-state index is -3.70. The lowest BCUT2D eigenvalue weighted by Crippen LogP contribution is -2.25. The molecule has 1 heterocycles. The minimum absolute atomic E-state index is 0.0365. The van der Waals surface area contributed by atoms with E-state index >= 15 is 0 Å². The van der Waals surface area contributed by atoms with Crippen molar-refractivity contribution in [3.05, 3.63) is 34.8 Å². The number of sulfonamides is 1. The molecular weight excluding hydrogens is 346 g/mol. The molecule has 0 spiro atoms. The molecule has 0 fully saturated rings. The molecule has 1 aromatic carbocycles. The van der Waals surface area contributed by atoms with Crippen LogP contribution in [0.15, 0.2) is 33.9 Å². The van der Waals surface area contributed by atoms with Crippen LogP contribution in [0.4, 0.5) is 5.69 Å². The highest BCUT2D eigenvalue weighted by Gasteiger charge is 2.18. The van der Waals surface area contributed by atoms with Gasteiger partial charge in [0.05, 0.1) is 12.2 Å². The summed E-state index contributed by atoms with van der Waals surface area (Å²) in [6.07, 6.45) is 1.55. The van der Waals surface area contributed by atoms with Gasteiger partial charge in [0.1, 0.15) is 17.0 Å². The lowest BCUT2D eigenvalue weighted by atomic mass is 10.3. The Hall–Kier alpha value is -1.45. The third kappa shape index (κ3) is 3.17. The zero-order valence-corrected chi connectivity index (χ0v) is 13.1. The molecule has 0 bridgehead atoms. The summed E-state index contributed by atoms with van der Waals surface area (Å²) in [6.45, 7) is 2.65. The van der Waals surface area contributed by atoms with Gasteiger partial charge in [0, 0.05) is 11.0 Å². The van der Waals surface area contributed by atoms with Gasteiger partial charge in [0.15, 0.2) is 0 Å². The zero-order valence-electron chi connectivity index (χ0n) is 10.7. The molecule has 0 radical (unpaired) electrons. The molecule has 3 N–H and O–H groups in total. The topological polar surface area (TPSA) is 103 Å². The number of rotatable bonds is 5. The highest BCUT2D eigenvalue weighted by atomic mass is 79.9. The van der Waals surface area contributed by atoms with Crippen molar-refractivity contribution in [2.45, 2.75) is 24.9 Å². The van der Waals surface area contributed by atoms with Gasteiger partial charge in [0.25, 0.3) is 0 Å². The Labute approximate surface area is 125 Å². The molecule has 0 amide bonds. The van der Waals surface area contributed by atoms with E-state index in [1.54, 1.807) is 17.0 Å².